The topological polar surface area (TPSA) is 29.5 Å². The van der Waals surface area contributed by atoms with Gasteiger partial charge in [-0.2, -0.15) is 0 Å². The van der Waals surface area contributed by atoms with Gasteiger partial charge in [-0.05, 0) is 65.9 Å². The summed E-state index contributed by atoms with van der Waals surface area (Å²) in [5, 5.41) is 9.59. The Kier molecular flexibility index (Phi) is 4.19. The van der Waals surface area contributed by atoms with Crippen molar-refractivity contribution in [1.82, 2.24) is 0 Å². The fraction of sp³-hybridized carbons (Fsp3) is 0.143. The molecule has 0 saturated carbocycles. The van der Waals surface area contributed by atoms with Crippen molar-refractivity contribution in [3.05, 3.63) is 57.4 Å². The lowest BCUT2D eigenvalue weighted by atomic mass is 10.1. The third-order valence-electron chi connectivity index (χ3n) is 2.47. The van der Waals surface area contributed by atoms with Gasteiger partial charge in [-0.25, -0.2) is 4.39 Å². The van der Waals surface area contributed by atoms with E-state index in [9.17, 15) is 9.50 Å². The molecule has 0 saturated heterocycles. The van der Waals surface area contributed by atoms with Crippen LogP contribution in [0.5, 0.6) is 11.5 Å². The number of hydrogen-bond donors (Lipinski definition) is 1. The van der Waals surface area contributed by atoms with Gasteiger partial charge in [-0.3, -0.25) is 0 Å². The van der Waals surface area contributed by atoms with E-state index in [0.717, 1.165) is 3.57 Å². The molecule has 0 heterocycles. The van der Waals surface area contributed by atoms with E-state index in [1.807, 2.05) is 12.1 Å². The predicted octanol–water partition coefficient (Wildman–Crippen LogP) is 4.28. The summed E-state index contributed by atoms with van der Waals surface area (Å²) in [5.41, 5.74) is 0.177. The minimum Gasteiger partial charge on any atom is -0.457 e. The quantitative estimate of drug-likeness (QED) is 0.831. The Bertz CT molecular complexity index is 538. The Hall–Kier alpha value is -1.14. The van der Waals surface area contributed by atoms with E-state index in [-0.39, 0.29) is 5.56 Å². The molecule has 0 aromatic heterocycles. The van der Waals surface area contributed by atoms with Crippen molar-refractivity contribution >= 4 is 22.6 Å². The first-order valence-corrected chi connectivity index (χ1v) is 6.55. The molecule has 0 unspecified atom stereocenters. The number of aliphatic hydroxyl groups is 1. The highest BCUT2D eigenvalue weighted by Crippen LogP contribution is 2.31. The van der Waals surface area contributed by atoms with Crippen LogP contribution in [0.3, 0.4) is 0 Å². The Labute approximate surface area is 119 Å². The summed E-state index contributed by atoms with van der Waals surface area (Å²) in [4.78, 5) is 0. The van der Waals surface area contributed by atoms with Gasteiger partial charge < -0.3 is 9.84 Å². The molecule has 0 fully saturated rings. The lowest BCUT2D eigenvalue weighted by molar-refractivity contribution is 0.190. The smallest absolute Gasteiger partial charge is 0.136 e. The van der Waals surface area contributed by atoms with Crippen LogP contribution >= 0.6 is 22.6 Å². The van der Waals surface area contributed by atoms with E-state index in [2.05, 4.69) is 22.6 Å². The Morgan fingerprint density at radius 1 is 1.17 bits per heavy atom. The standard InChI is InChI=1S/C14H12FIO2/c1-9(17)14-12(15)3-2-4-13(14)18-11-7-5-10(16)6-8-11/h2-9,17H,1H3/t9-/m0/s1. The minimum absolute atomic E-state index is 0.177. The van der Waals surface area contributed by atoms with Crippen LogP contribution in [0.25, 0.3) is 0 Å². The average molecular weight is 358 g/mol. The molecule has 94 valence electrons. The van der Waals surface area contributed by atoms with E-state index >= 15 is 0 Å². The van der Waals surface area contributed by atoms with Crippen molar-refractivity contribution in [2.45, 2.75) is 13.0 Å². The molecule has 0 spiro atoms. The maximum absolute atomic E-state index is 13.6. The van der Waals surface area contributed by atoms with Crippen LogP contribution < -0.4 is 4.74 Å². The van der Waals surface area contributed by atoms with Crippen LogP contribution in [-0.2, 0) is 0 Å². The zero-order valence-corrected chi connectivity index (χ0v) is 11.9. The van der Waals surface area contributed by atoms with E-state index in [4.69, 9.17) is 4.74 Å². The summed E-state index contributed by atoms with van der Waals surface area (Å²) >= 11 is 2.19. The minimum atomic E-state index is -0.912. The Morgan fingerprint density at radius 2 is 1.83 bits per heavy atom. The van der Waals surface area contributed by atoms with Crippen molar-refractivity contribution in [2.75, 3.05) is 0 Å². The first kappa shape index (κ1) is 13.3. The van der Waals surface area contributed by atoms with Gasteiger partial charge >= 0.3 is 0 Å². The molecule has 18 heavy (non-hydrogen) atoms. The van der Waals surface area contributed by atoms with Crippen molar-refractivity contribution in [3.63, 3.8) is 0 Å². The summed E-state index contributed by atoms with van der Waals surface area (Å²) in [6.45, 7) is 1.51. The van der Waals surface area contributed by atoms with Gasteiger partial charge in [-0.1, -0.05) is 6.07 Å². The normalized spacial score (nSPS) is 12.2. The zero-order valence-electron chi connectivity index (χ0n) is 9.73. The Morgan fingerprint density at radius 3 is 2.44 bits per heavy atom. The van der Waals surface area contributed by atoms with Crippen LogP contribution in [0.15, 0.2) is 42.5 Å². The van der Waals surface area contributed by atoms with Crippen LogP contribution in [0.4, 0.5) is 4.39 Å². The Balaban J connectivity index is 2.34. The number of aliphatic hydroxyl groups excluding tert-OH is 1. The van der Waals surface area contributed by atoms with Gasteiger partial charge in [-0.15, -0.1) is 0 Å². The number of ether oxygens (including phenoxy) is 1. The number of halogens is 2. The average Bonchev–Trinajstić information content (AvgIpc) is 2.32. The molecule has 1 N–H and O–H groups in total. The molecule has 0 aliphatic heterocycles. The van der Waals surface area contributed by atoms with Gasteiger partial charge in [0, 0.05) is 3.57 Å². The SMILES string of the molecule is C[C@H](O)c1c(F)cccc1Oc1ccc(I)cc1. The highest BCUT2D eigenvalue weighted by atomic mass is 127. The van der Waals surface area contributed by atoms with Crippen LogP contribution in [-0.4, -0.2) is 5.11 Å². The summed E-state index contributed by atoms with van der Waals surface area (Å²) in [6.07, 6.45) is -0.912. The van der Waals surface area contributed by atoms with E-state index < -0.39 is 11.9 Å². The zero-order chi connectivity index (χ0) is 13.1. The lowest BCUT2D eigenvalue weighted by Gasteiger charge is -2.13. The van der Waals surface area contributed by atoms with Crippen molar-refractivity contribution < 1.29 is 14.2 Å². The van der Waals surface area contributed by atoms with E-state index in [1.54, 1.807) is 24.3 Å². The summed E-state index contributed by atoms with van der Waals surface area (Å²) < 4.78 is 20.3. The fourth-order valence-electron chi connectivity index (χ4n) is 1.64. The largest absolute Gasteiger partial charge is 0.457 e. The molecule has 2 aromatic rings. The van der Waals surface area contributed by atoms with Crippen molar-refractivity contribution in [1.29, 1.82) is 0 Å². The lowest BCUT2D eigenvalue weighted by Crippen LogP contribution is -1.99. The summed E-state index contributed by atoms with van der Waals surface area (Å²) in [7, 11) is 0. The van der Waals surface area contributed by atoms with Gasteiger partial charge in [0.15, 0.2) is 0 Å². The van der Waals surface area contributed by atoms with Crippen LogP contribution in [0.1, 0.15) is 18.6 Å². The van der Waals surface area contributed by atoms with Gasteiger partial charge in [0.05, 0.1) is 11.7 Å². The molecule has 2 nitrogen and oxygen atoms in total. The van der Waals surface area contributed by atoms with Crippen LogP contribution in [0, 0.1) is 9.39 Å². The number of benzene rings is 2. The molecular weight excluding hydrogens is 346 g/mol. The second-order valence-corrected chi connectivity index (χ2v) is 5.13. The molecule has 0 amide bonds. The summed E-state index contributed by atoms with van der Waals surface area (Å²) in [6, 6.07) is 11.9. The van der Waals surface area contributed by atoms with Gasteiger partial charge in [0.25, 0.3) is 0 Å². The first-order valence-electron chi connectivity index (χ1n) is 5.48. The predicted molar refractivity (Wildman–Crippen MR) is 76.3 cm³/mol. The highest BCUT2D eigenvalue weighted by Gasteiger charge is 2.15. The van der Waals surface area contributed by atoms with Crippen LogP contribution in [0.2, 0.25) is 0 Å². The second kappa shape index (κ2) is 5.67. The third kappa shape index (κ3) is 3.00. The van der Waals surface area contributed by atoms with E-state index in [0.29, 0.717) is 11.5 Å². The maximum Gasteiger partial charge on any atom is 0.136 e. The van der Waals surface area contributed by atoms with Crippen molar-refractivity contribution in [3.8, 4) is 11.5 Å². The molecule has 0 aliphatic rings. The van der Waals surface area contributed by atoms with Gasteiger partial charge in [0.1, 0.15) is 17.3 Å². The number of rotatable bonds is 3. The molecule has 1 atom stereocenters. The molecule has 0 bridgehead atoms. The van der Waals surface area contributed by atoms with E-state index in [1.165, 1.54) is 13.0 Å². The summed E-state index contributed by atoms with van der Waals surface area (Å²) in [5.74, 6) is 0.488. The third-order valence-corrected chi connectivity index (χ3v) is 3.19. The van der Waals surface area contributed by atoms with Crippen molar-refractivity contribution in [2.24, 2.45) is 0 Å². The molecule has 2 aromatic carbocycles. The molecule has 0 aliphatic carbocycles. The highest BCUT2D eigenvalue weighted by molar-refractivity contribution is 14.1. The fourth-order valence-corrected chi connectivity index (χ4v) is 2.00. The number of hydrogen-bond acceptors (Lipinski definition) is 2. The molecular formula is C14H12FIO2. The van der Waals surface area contributed by atoms with Gasteiger partial charge in [0.2, 0.25) is 0 Å². The first-order chi connectivity index (χ1) is 8.58. The molecule has 2 rings (SSSR count). The maximum atomic E-state index is 13.6. The monoisotopic (exact) mass is 358 g/mol. The molecule has 4 heteroatoms. The molecule has 0 radical (unpaired) electrons. The second-order valence-electron chi connectivity index (χ2n) is 3.88.